The van der Waals surface area contributed by atoms with Gasteiger partial charge < -0.3 is 15.2 Å². The molecule has 0 saturated heterocycles. The molecule has 0 aliphatic rings. The Morgan fingerprint density at radius 1 is 1.47 bits per heavy atom. The van der Waals surface area contributed by atoms with Gasteiger partial charge in [-0.25, -0.2) is 0 Å². The number of methoxy groups -OCH3 is 1. The van der Waals surface area contributed by atoms with Crippen LogP contribution >= 0.6 is 0 Å². The molecule has 3 nitrogen and oxygen atoms in total. The molecule has 0 bridgehead atoms. The van der Waals surface area contributed by atoms with Gasteiger partial charge >= 0.3 is 0 Å². The van der Waals surface area contributed by atoms with Crippen molar-refractivity contribution in [2.75, 3.05) is 20.3 Å². The minimum absolute atomic E-state index is 0.409. The van der Waals surface area contributed by atoms with Crippen molar-refractivity contribution < 1.29 is 9.47 Å². The minimum Gasteiger partial charge on any atom is -0.492 e. The van der Waals surface area contributed by atoms with Crippen LogP contribution in [0.15, 0.2) is 24.8 Å². The molecule has 0 unspecified atom stereocenters. The first kappa shape index (κ1) is 11.6. The van der Waals surface area contributed by atoms with Crippen LogP contribution in [0.3, 0.4) is 0 Å². The van der Waals surface area contributed by atoms with Gasteiger partial charge in [0.05, 0.1) is 13.7 Å². The van der Waals surface area contributed by atoms with Crippen molar-refractivity contribution in [3.63, 3.8) is 0 Å². The highest BCUT2D eigenvalue weighted by Gasteiger charge is 2.11. The summed E-state index contributed by atoms with van der Waals surface area (Å²) in [6, 6.07) is 5.70. The molecule has 82 valence electrons. The lowest BCUT2D eigenvalue weighted by Crippen LogP contribution is -2.04. The maximum Gasteiger partial charge on any atom is 0.168 e. The molecule has 1 aromatic carbocycles. The first-order valence-corrected chi connectivity index (χ1v) is 4.92. The van der Waals surface area contributed by atoms with Gasteiger partial charge in [0.2, 0.25) is 0 Å². The SMILES string of the molecule is C=C(CN)c1cccc(OCC)c1OC. The Balaban J connectivity index is 3.15. The monoisotopic (exact) mass is 207 g/mol. The summed E-state index contributed by atoms with van der Waals surface area (Å²) >= 11 is 0. The number of hydrogen-bond acceptors (Lipinski definition) is 3. The zero-order valence-electron chi connectivity index (χ0n) is 9.25. The van der Waals surface area contributed by atoms with Gasteiger partial charge in [0.25, 0.3) is 0 Å². The predicted octanol–water partition coefficient (Wildman–Crippen LogP) is 2.07. The number of nitrogens with two attached hydrogens (primary N) is 1. The van der Waals surface area contributed by atoms with Crippen LogP contribution in [-0.4, -0.2) is 20.3 Å². The van der Waals surface area contributed by atoms with E-state index in [1.165, 1.54) is 0 Å². The van der Waals surface area contributed by atoms with Crippen LogP contribution in [0.1, 0.15) is 12.5 Å². The second-order valence-electron chi connectivity index (χ2n) is 3.08. The van der Waals surface area contributed by atoms with E-state index in [9.17, 15) is 0 Å². The Labute approximate surface area is 90.5 Å². The molecule has 0 radical (unpaired) electrons. The summed E-state index contributed by atoms with van der Waals surface area (Å²) in [6.07, 6.45) is 0. The average Bonchev–Trinajstić information content (AvgIpc) is 2.28. The van der Waals surface area contributed by atoms with E-state index in [1.807, 2.05) is 25.1 Å². The van der Waals surface area contributed by atoms with E-state index >= 15 is 0 Å². The van der Waals surface area contributed by atoms with Crippen molar-refractivity contribution in [1.29, 1.82) is 0 Å². The summed E-state index contributed by atoms with van der Waals surface area (Å²) in [5.41, 5.74) is 7.31. The second kappa shape index (κ2) is 5.41. The third-order valence-corrected chi connectivity index (χ3v) is 2.11. The lowest BCUT2D eigenvalue weighted by atomic mass is 10.1. The molecule has 0 fully saturated rings. The molecule has 2 N–H and O–H groups in total. The zero-order valence-corrected chi connectivity index (χ0v) is 9.25. The van der Waals surface area contributed by atoms with Crippen LogP contribution in [-0.2, 0) is 0 Å². The zero-order chi connectivity index (χ0) is 11.3. The molecule has 0 heterocycles. The van der Waals surface area contributed by atoms with E-state index in [4.69, 9.17) is 15.2 Å². The number of rotatable bonds is 5. The Morgan fingerprint density at radius 2 is 2.20 bits per heavy atom. The van der Waals surface area contributed by atoms with Crippen LogP contribution in [0.5, 0.6) is 11.5 Å². The van der Waals surface area contributed by atoms with Crippen molar-refractivity contribution in [2.24, 2.45) is 5.73 Å². The van der Waals surface area contributed by atoms with Crippen molar-refractivity contribution in [3.8, 4) is 11.5 Å². The fourth-order valence-electron chi connectivity index (χ4n) is 1.38. The third kappa shape index (κ3) is 2.50. The highest BCUT2D eigenvalue weighted by molar-refractivity contribution is 5.72. The maximum absolute atomic E-state index is 5.56. The molecule has 1 aromatic rings. The van der Waals surface area contributed by atoms with Crippen LogP contribution in [0.2, 0.25) is 0 Å². The Kier molecular flexibility index (Phi) is 4.18. The molecule has 15 heavy (non-hydrogen) atoms. The lowest BCUT2D eigenvalue weighted by molar-refractivity contribution is 0.310. The molecule has 0 atom stereocenters. The summed E-state index contributed by atoms with van der Waals surface area (Å²) < 4.78 is 10.8. The Hall–Kier alpha value is -1.48. The molecule has 0 aliphatic carbocycles. The fourth-order valence-corrected chi connectivity index (χ4v) is 1.38. The van der Waals surface area contributed by atoms with E-state index < -0.39 is 0 Å². The molecule has 3 heteroatoms. The highest BCUT2D eigenvalue weighted by atomic mass is 16.5. The van der Waals surface area contributed by atoms with Gasteiger partial charge in [-0.2, -0.15) is 0 Å². The lowest BCUT2D eigenvalue weighted by Gasteiger charge is -2.14. The molecular weight excluding hydrogens is 190 g/mol. The van der Waals surface area contributed by atoms with Gasteiger partial charge in [-0.15, -0.1) is 0 Å². The third-order valence-electron chi connectivity index (χ3n) is 2.11. The predicted molar refractivity (Wildman–Crippen MR) is 62.3 cm³/mol. The van der Waals surface area contributed by atoms with Crippen LogP contribution in [0.4, 0.5) is 0 Å². The summed E-state index contributed by atoms with van der Waals surface area (Å²) in [7, 11) is 1.62. The Morgan fingerprint density at radius 3 is 2.73 bits per heavy atom. The molecule has 0 aliphatic heterocycles. The molecule has 0 spiro atoms. The summed E-state index contributed by atoms with van der Waals surface area (Å²) in [6.45, 7) is 6.84. The van der Waals surface area contributed by atoms with Crippen LogP contribution in [0, 0.1) is 0 Å². The molecular formula is C12H17NO2. The molecule has 0 saturated carbocycles. The van der Waals surface area contributed by atoms with E-state index in [0.29, 0.717) is 18.9 Å². The second-order valence-corrected chi connectivity index (χ2v) is 3.08. The van der Waals surface area contributed by atoms with Gasteiger partial charge in [0.15, 0.2) is 11.5 Å². The first-order chi connectivity index (χ1) is 7.24. The summed E-state index contributed by atoms with van der Waals surface area (Å²) in [4.78, 5) is 0. The molecule has 0 aromatic heterocycles. The van der Waals surface area contributed by atoms with Crippen LogP contribution < -0.4 is 15.2 Å². The van der Waals surface area contributed by atoms with Crippen molar-refractivity contribution >= 4 is 5.57 Å². The van der Waals surface area contributed by atoms with E-state index in [0.717, 1.165) is 16.9 Å². The standard InChI is InChI=1S/C12H17NO2/c1-4-15-11-7-5-6-10(9(2)8-13)12(11)14-3/h5-7H,2,4,8,13H2,1,3H3. The average molecular weight is 207 g/mol. The van der Waals surface area contributed by atoms with E-state index in [1.54, 1.807) is 7.11 Å². The van der Waals surface area contributed by atoms with Gasteiger partial charge in [-0.1, -0.05) is 18.7 Å². The largest absolute Gasteiger partial charge is 0.492 e. The minimum atomic E-state index is 0.409. The number of hydrogen-bond donors (Lipinski definition) is 1. The summed E-state index contributed by atoms with van der Waals surface area (Å²) in [5, 5.41) is 0. The van der Waals surface area contributed by atoms with Gasteiger partial charge in [-0.3, -0.25) is 0 Å². The molecule has 1 rings (SSSR count). The Bertz CT molecular complexity index is 347. The first-order valence-electron chi connectivity index (χ1n) is 4.92. The maximum atomic E-state index is 5.56. The number of ether oxygens (including phenoxy) is 2. The number of para-hydroxylation sites is 1. The van der Waals surface area contributed by atoms with Gasteiger partial charge in [-0.05, 0) is 18.6 Å². The van der Waals surface area contributed by atoms with Crippen molar-refractivity contribution in [1.82, 2.24) is 0 Å². The smallest absolute Gasteiger partial charge is 0.168 e. The summed E-state index contributed by atoms with van der Waals surface area (Å²) in [5.74, 6) is 1.43. The number of benzene rings is 1. The fraction of sp³-hybridized carbons (Fsp3) is 0.333. The van der Waals surface area contributed by atoms with Crippen LogP contribution in [0.25, 0.3) is 5.57 Å². The van der Waals surface area contributed by atoms with Crippen molar-refractivity contribution in [3.05, 3.63) is 30.3 Å². The molecule has 0 amide bonds. The normalized spacial score (nSPS) is 9.80. The van der Waals surface area contributed by atoms with E-state index in [-0.39, 0.29) is 0 Å². The highest BCUT2D eigenvalue weighted by Crippen LogP contribution is 2.34. The van der Waals surface area contributed by atoms with Gasteiger partial charge in [0.1, 0.15) is 0 Å². The van der Waals surface area contributed by atoms with Crippen molar-refractivity contribution in [2.45, 2.75) is 6.92 Å². The topological polar surface area (TPSA) is 44.5 Å². The van der Waals surface area contributed by atoms with E-state index in [2.05, 4.69) is 6.58 Å². The van der Waals surface area contributed by atoms with Gasteiger partial charge in [0, 0.05) is 12.1 Å². The quantitative estimate of drug-likeness (QED) is 0.803.